The van der Waals surface area contributed by atoms with E-state index in [4.69, 9.17) is 15.2 Å². The van der Waals surface area contributed by atoms with Crippen LogP contribution in [0.1, 0.15) is 35.8 Å². The smallest absolute Gasteiger partial charge is 0.338 e. The predicted molar refractivity (Wildman–Crippen MR) is 70.5 cm³/mol. The average Bonchev–Trinajstić information content (AvgIpc) is 2.44. The van der Waals surface area contributed by atoms with E-state index in [-0.39, 0.29) is 0 Å². The number of nitrogens with two attached hydrogens (primary N) is 1. The molecule has 0 spiro atoms. The number of carbonyl (C=O) groups is 2. The second-order valence-electron chi connectivity index (χ2n) is 4.77. The Labute approximate surface area is 112 Å². The maximum absolute atomic E-state index is 11.8. The Bertz CT molecular complexity index is 482. The maximum Gasteiger partial charge on any atom is 0.338 e. The van der Waals surface area contributed by atoms with Crippen LogP contribution in [0.4, 0.5) is 0 Å². The summed E-state index contributed by atoms with van der Waals surface area (Å²) in [6.07, 6.45) is 0. The average molecular weight is 265 g/mol. The number of carbonyl (C=O) groups excluding carboxylic acids is 2. The zero-order valence-electron chi connectivity index (χ0n) is 11.6. The van der Waals surface area contributed by atoms with E-state index >= 15 is 0 Å². The number of ether oxygens (including phenoxy) is 2. The van der Waals surface area contributed by atoms with Crippen molar-refractivity contribution in [3.8, 4) is 0 Å². The number of rotatable bonds is 4. The lowest BCUT2D eigenvalue weighted by atomic mass is 9.79. The van der Waals surface area contributed by atoms with Gasteiger partial charge in [-0.1, -0.05) is 18.2 Å². The number of benzene rings is 1. The molecular weight excluding hydrogens is 246 g/mol. The van der Waals surface area contributed by atoms with Gasteiger partial charge in [0.05, 0.1) is 25.2 Å². The molecule has 1 aromatic carbocycles. The zero-order chi connectivity index (χ0) is 14.6. The number of hydrogen-bond acceptors (Lipinski definition) is 5. The van der Waals surface area contributed by atoms with Crippen LogP contribution in [-0.4, -0.2) is 26.2 Å². The molecule has 104 valence electrons. The molecule has 0 radical (unpaired) electrons. The van der Waals surface area contributed by atoms with E-state index in [2.05, 4.69) is 0 Å². The summed E-state index contributed by atoms with van der Waals surface area (Å²) in [5.74, 6) is -0.911. The Kier molecular flexibility index (Phi) is 4.67. The first-order chi connectivity index (χ1) is 8.86. The van der Waals surface area contributed by atoms with Gasteiger partial charge in [0.25, 0.3) is 0 Å². The summed E-state index contributed by atoms with van der Waals surface area (Å²) in [5.41, 5.74) is 6.10. The molecule has 0 unspecified atom stereocenters. The molecule has 19 heavy (non-hydrogen) atoms. The van der Waals surface area contributed by atoms with Crippen LogP contribution in [0.3, 0.4) is 0 Å². The first-order valence-electron chi connectivity index (χ1n) is 5.87. The molecule has 0 saturated carbocycles. The topological polar surface area (TPSA) is 78.6 Å². The van der Waals surface area contributed by atoms with Crippen molar-refractivity contribution in [3.63, 3.8) is 0 Å². The lowest BCUT2D eigenvalue weighted by Crippen LogP contribution is -2.38. The summed E-state index contributed by atoms with van der Waals surface area (Å²) in [5, 5.41) is 0. The van der Waals surface area contributed by atoms with Gasteiger partial charge < -0.3 is 15.2 Å². The highest BCUT2D eigenvalue weighted by atomic mass is 16.5. The van der Waals surface area contributed by atoms with Crippen LogP contribution >= 0.6 is 0 Å². The van der Waals surface area contributed by atoms with Gasteiger partial charge in [0.2, 0.25) is 0 Å². The van der Waals surface area contributed by atoms with Gasteiger partial charge in [-0.3, -0.25) is 4.79 Å². The van der Waals surface area contributed by atoms with Crippen molar-refractivity contribution in [1.29, 1.82) is 0 Å². The third-order valence-electron chi connectivity index (χ3n) is 3.19. The molecule has 1 aromatic rings. The fraction of sp³-hybridized carbons (Fsp3) is 0.429. The van der Waals surface area contributed by atoms with E-state index in [9.17, 15) is 9.59 Å². The molecule has 0 aliphatic heterocycles. The summed E-state index contributed by atoms with van der Waals surface area (Å²) in [6, 6.07) is 6.13. The molecule has 0 bridgehead atoms. The fourth-order valence-electron chi connectivity index (χ4n) is 1.84. The Morgan fingerprint density at radius 3 is 2.26 bits per heavy atom. The van der Waals surface area contributed by atoms with Crippen molar-refractivity contribution < 1.29 is 19.1 Å². The van der Waals surface area contributed by atoms with Crippen molar-refractivity contribution >= 4 is 11.9 Å². The quantitative estimate of drug-likeness (QED) is 0.838. The van der Waals surface area contributed by atoms with Gasteiger partial charge in [-0.15, -0.1) is 0 Å². The van der Waals surface area contributed by atoms with Crippen LogP contribution in [0.15, 0.2) is 24.3 Å². The first-order valence-corrected chi connectivity index (χ1v) is 5.87. The van der Waals surface area contributed by atoms with Crippen LogP contribution in [0, 0.1) is 5.41 Å². The lowest BCUT2D eigenvalue weighted by molar-refractivity contribution is -0.152. The predicted octanol–water partition coefficient (Wildman–Crippen LogP) is 1.67. The SMILES string of the molecule is COC(=O)c1ccccc1[C@@H](N)C(C)(C)C(=O)OC. The molecule has 0 aliphatic rings. The monoisotopic (exact) mass is 265 g/mol. The summed E-state index contributed by atoms with van der Waals surface area (Å²) in [4.78, 5) is 23.5. The van der Waals surface area contributed by atoms with Crippen molar-refractivity contribution in [1.82, 2.24) is 0 Å². The van der Waals surface area contributed by atoms with Gasteiger partial charge >= 0.3 is 11.9 Å². The van der Waals surface area contributed by atoms with Crippen molar-refractivity contribution in [2.45, 2.75) is 19.9 Å². The van der Waals surface area contributed by atoms with Gasteiger partial charge in [0, 0.05) is 6.04 Å². The molecule has 1 atom stereocenters. The van der Waals surface area contributed by atoms with Crippen molar-refractivity contribution in [3.05, 3.63) is 35.4 Å². The van der Waals surface area contributed by atoms with Crippen LogP contribution in [0.2, 0.25) is 0 Å². The van der Waals surface area contributed by atoms with Gasteiger partial charge in [0.15, 0.2) is 0 Å². The third-order valence-corrected chi connectivity index (χ3v) is 3.19. The van der Waals surface area contributed by atoms with E-state index in [0.717, 1.165) is 0 Å². The standard InChI is InChI=1S/C14H19NO4/c1-14(2,13(17)19-4)11(15)9-7-5-6-8-10(9)12(16)18-3/h5-8,11H,15H2,1-4H3/t11-/m1/s1. The van der Waals surface area contributed by atoms with E-state index in [1.807, 2.05) is 0 Å². The maximum atomic E-state index is 11.8. The molecule has 5 heteroatoms. The lowest BCUT2D eigenvalue weighted by Gasteiger charge is -2.29. The number of esters is 2. The summed E-state index contributed by atoms with van der Waals surface area (Å²) in [7, 11) is 2.61. The largest absolute Gasteiger partial charge is 0.469 e. The molecule has 1 rings (SSSR count). The molecule has 2 N–H and O–H groups in total. The van der Waals surface area contributed by atoms with Crippen molar-refractivity contribution in [2.24, 2.45) is 11.1 Å². The highest BCUT2D eigenvalue weighted by Gasteiger charge is 2.38. The van der Waals surface area contributed by atoms with E-state index in [0.29, 0.717) is 11.1 Å². The van der Waals surface area contributed by atoms with Crippen molar-refractivity contribution in [2.75, 3.05) is 14.2 Å². The summed E-state index contributed by atoms with van der Waals surface area (Å²) in [6.45, 7) is 3.36. The Balaban J connectivity index is 3.23. The van der Waals surface area contributed by atoms with Crippen LogP contribution in [0.5, 0.6) is 0 Å². The minimum atomic E-state index is -0.946. The van der Waals surface area contributed by atoms with E-state index in [1.54, 1.807) is 38.1 Å². The first kappa shape index (κ1) is 15.2. The number of methoxy groups -OCH3 is 2. The summed E-state index contributed by atoms with van der Waals surface area (Å²) >= 11 is 0. The van der Waals surface area contributed by atoms with Crippen LogP contribution in [0.25, 0.3) is 0 Å². The van der Waals surface area contributed by atoms with E-state index in [1.165, 1.54) is 14.2 Å². The molecule has 0 aliphatic carbocycles. The summed E-state index contributed by atoms with van der Waals surface area (Å²) < 4.78 is 9.47. The third kappa shape index (κ3) is 2.93. The highest BCUT2D eigenvalue weighted by molar-refractivity contribution is 5.91. The molecule has 0 fully saturated rings. The molecule has 0 amide bonds. The highest BCUT2D eigenvalue weighted by Crippen LogP contribution is 2.34. The minimum absolute atomic E-state index is 0.356. The molecule has 0 saturated heterocycles. The molecule has 5 nitrogen and oxygen atoms in total. The second-order valence-corrected chi connectivity index (χ2v) is 4.77. The van der Waals surface area contributed by atoms with Gasteiger partial charge in [0.1, 0.15) is 0 Å². The Morgan fingerprint density at radius 2 is 1.74 bits per heavy atom. The molecule has 0 aromatic heterocycles. The van der Waals surface area contributed by atoms with E-state index < -0.39 is 23.4 Å². The normalized spacial score (nSPS) is 12.7. The van der Waals surface area contributed by atoms with Gasteiger partial charge in [-0.05, 0) is 25.5 Å². The fourth-order valence-corrected chi connectivity index (χ4v) is 1.84. The Hall–Kier alpha value is -1.88. The Morgan fingerprint density at radius 1 is 1.16 bits per heavy atom. The zero-order valence-corrected chi connectivity index (χ0v) is 11.6. The van der Waals surface area contributed by atoms with Gasteiger partial charge in [-0.2, -0.15) is 0 Å². The van der Waals surface area contributed by atoms with Crippen LogP contribution < -0.4 is 5.73 Å². The van der Waals surface area contributed by atoms with Crippen LogP contribution in [-0.2, 0) is 14.3 Å². The number of hydrogen-bond donors (Lipinski definition) is 1. The molecular formula is C14H19NO4. The van der Waals surface area contributed by atoms with Gasteiger partial charge in [-0.25, -0.2) is 4.79 Å². The minimum Gasteiger partial charge on any atom is -0.469 e. The second kappa shape index (κ2) is 5.84. The molecule has 0 heterocycles.